The second-order valence-electron chi connectivity index (χ2n) is 7.36. The molecule has 0 aliphatic carbocycles. The molecule has 0 heterocycles. The minimum absolute atomic E-state index is 0.0217. The predicted molar refractivity (Wildman–Crippen MR) is 120 cm³/mol. The summed E-state index contributed by atoms with van der Waals surface area (Å²) in [4.78, 5) is 29.2. The Hall–Kier alpha value is -2.31. The molecule has 2 amide bonds. The van der Waals surface area contributed by atoms with E-state index >= 15 is 0 Å². The largest absolute Gasteiger partial charge is 0.350 e. The van der Waals surface area contributed by atoms with Gasteiger partial charge in [-0.3, -0.25) is 9.59 Å². The Morgan fingerprint density at radius 3 is 2.24 bits per heavy atom. The van der Waals surface area contributed by atoms with Gasteiger partial charge >= 0.3 is 0 Å². The number of nitrogens with zero attached hydrogens (tertiary/aromatic N) is 2. The molecule has 156 valence electrons. The van der Waals surface area contributed by atoms with Crippen molar-refractivity contribution in [1.29, 1.82) is 0 Å². The number of hydrogen-bond donors (Lipinski definition) is 1. The average molecular weight is 414 g/mol. The number of carbonyl (C=O) groups excluding carboxylic acids is 2. The number of nitrogens with one attached hydrogen (secondary N) is 1. The van der Waals surface area contributed by atoms with Gasteiger partial charge in [0.25, 0.3) is 5.91 Å². The lowest BCUT2D eigenvalue weighted by molar-refractivity contribution is -0.125. The number of hydrogen-bond acceptors (Lipinski definition) is 4. The maximum Gasteiger partial charge on any atom is 0.252 e. The summed E-state index contributed by atoms with van der Waals surface area (Å²) in [6.07, 6.45) is 1.01. The number of aryl methyl sites for hydroxylation is 1. The lowest BCUT2D eigenvalue weighted by atomic mass is 10.0. The third kappa shape index (κ3) is 6.61. The zero-order chi connectivity index (χ0) is 21.4. The standard InChI is InChI=1S/C23H31N3O2S/c1-6-17-11-13-18(14-12-17)20(25(2)3)15-24-23(28)19-9-7-8-10-21(19)29-16-22(27)26(4)5/h7-14,20H,6,15-16H2,1-5H3,(H,24,28). The third-order valence-electron chi connectivity index (χ3n) is 4.83. The van der Waals surface area contributed by atoms with E-state index in [0.717, 1.165) is 11.3 Å². The van der Waals surface area contributed by atoms with E-state index in [2.05, 4.69) is 41.4 Å². The van der Waals surface area contributed by atoms with Crippen LogP contribution in [0.3, 0.4) is 0 Å². The minimum atomic E-state index is -0.123. The molecule has 0 radical (unpaired) electrons. The van der Waals surface area contributed by atoms with Crippen LogP contribution in [0.2, 0.25) is 0 Å². The quantitative estimate of drug-likeness (QED) is 0.640. The van der Waals surface area contributed by atoms with Gasteiger partial charge in [0.15, 0.2) is 0 Å². The molecule has 0 spiro atoms. The Kier molecular flexibility index (Phi) is 8.73. The monoisotopic (exact) mass is 413 g/mol. The van der Waals surface area contributed by atoms with Gasteiger partial charge in [0.05, 0.1) is 17.4 Å². The van der Waals surface area contributed by atoms with E-state index in [-0.39, 0.29) is 17.9 Å². The van der Waals surface area contributed by atoms with E-state index in [1.807, 2.05) is 32.3 Å². The molecule has 0 saturated carbocycles. The van der Waals surface area contributed by atoms with Crippen molar-refractivity contribution in [1.82, 2.24) is 15.1 Å². The molecule has 6 heteroatoms. The molecule has 1 unspecified atom stereocenters. The van der Waals surface area contributed by atoms with Crippen LogP contribution in [0.4, 0.5) is 0 Å². The number of benzene rings is 2. The highest BCUT2D eigenvalue weighted by Gasteiger charge is 2.18. The fourth-order valence-corrected chi connectivity index (χ4v) is 3.94. The molecule has 5 nitrogen and oxygen atoms in total. The summed E-state index contributed by atoms with van der Waals surface area (Å²) in [5, 5.41) is 3.07. The molecule has 0 saturated heterocycles. The normalized spacial score (nSPS) is 11.9. The van der Waals surface area contributed by atoms with E-state index in [9.17, 15) is 9.59 Å². The average Bonchev–Trinajstić information content (AvgIpc) is 2.72. The Labute approximate surface area is 178 Å². The zero-order valence-corrected chi connectivity index (χ0v) is 18.8. The van der Waals surface area contributed by atoms with Crippen LogP contribution in [0.5, 0.6) is 0 Å². The van der Waals surface area contributed by atoms with Crippen molar-refractivity contribution in [3.05, 3.63) is 65.2 Å². The molecule has 1 atom stereocenters. The van der Waals surface area contributed by atoms with Crippen LogP contribution in [-0.4, -0.2) is 62.1 Å². The highest BCUT2D eigenvalue weighted by molar-refractivity contribution is 8.00. The summed E-state index contributed by atoms with van der Waals surface area (Å²) in [5.74, 6) is 0.206. The van der Waals surface area contributed by atoms with Gasteiger partial charge in [0.2, 0.25) is 5.91 Å². The summed E-state index contributed by atoms with van der Waals surface area (Å²) in [6, 6.07) is 16.0. The fraction of sp³-hybridized carbons (Fsp3) is 0.391. The molecule has 1 N–H and O–H groups in total. The number of carbonyl (C=O) groups is 2. The van der Waals surface area contributed by atoms with Gasteiger partial charge in [-0.2, -0.15) is 0 Å². The molecule has 2 rings (SSSR count). The zero-order valence-electron chi connectivity index (χ0n) is 17.9. The van der Waals surface area contributed by atoms with Crippen molar-refractivity contribution in [3.8, 4) is 0 Å². The lowest BCUT2D eigenvalue weighted by Gasteiger charge is -2.25. The van der Waals surface area contributed by atoms with Crippen molar-refractivity contribution in [3.63, 3.8) is 0 Å². The molecule has 0 fully saturated rings. The van der Waals surface area contributed by atoms with Crippen LogP contribution >= 0.6 is 11.8 Å². The maximum atomic E-state index is 12.9. The molecule has 29 heavy (non-hydrogen) atoms. The molecule has 2 aromatic rings. The predicted octanol–water partition coefficient (Wildman–Crippen LogP) is 3.46. The van der Waals surface area contributed by atoms with E-state index in [0.29, 0.717) is 17.9 Å². The fourth-order valence-electron chi connectivity index (χ4n) is 2.91. The highest BCUT2D eigenvalue weighted by Crippen LogP contribution is 2.23. The first-order valence-electron chi connectivity index (χ1n) is 9.79. The Morgan fingerprint density at radius 2 is 1.66 bits per heavy atom. The van der Waals surface area contributed by atoms with Gasteiger partial charge in [-0.25, -0.2) is 0 Å². The van der Waals surface area contributed by atoms with Gasteiger partial charge in [-0.15, -0.1) is 11.8 Å². The molecule has 0 bridgehead atoms. The van der Waals surface area contributed by atoms with Crippen molar-refractivity contribution in [2.75, 3.05) is 40.5 Å². The second kappa shape index (κ2) is 11.0. The summed E-state index contributed by atoms with van der Waals surface area (Å²) in [6.45, 7) is 2.65. The molecule has 2 aromatic carbocycles. The van der Waals surface area contributed by atoms with Crippen LogP contribution < -0.4 is 5.32 Å². The summed E-state index contributed by atoms with van der Waals surface area (Å²) in [5.41, 5.74) is 3.07. The number of rotatable bonds is 9. The lowest BCUT2D eigenvalue weighted by Crippen LogP contribution is -2.34. The van der Waals surface area contributed by atoms with E-state index in [4.69, 9.17) is 0 Å². The van der Waals surface area contributed by atoms with Crippen molar-refractivity contribution >= 4 is 23.6 Å². The molecule has 0 aromatic heterocycles. The van der Waals surface area contributed by atoms with Crippen LogP contribution in [0, 0.1) is 0 Å². The highest BCUT2D eigenvalue weighted by atomic mass is 32.2. The van der Waals surface area contributed by atoms with E-state index in [1.54, 1.807) is 25.1 Å². The topological polar surface area (TPSA) is 52.7 Å². The van der Waals surface area contributed by atoms with E-state index in [1.165, 1.54) is 22.9 Å². The maximum absolute atomic E-state index is 12.9. The second-order valence-corrected chi connectivity index (χ2v) is 8.37. The smallest absolute Gasteiger partial charge is 0.252 e. The van der Waals surface area contributed by atoms with Gasteiger partial charge in [-0.1, -0.05) is 43.3 Å². The van der Waals surface area contributed by atoms with E-state index < -0.39 is 0 Å². The van der Waals surface area contributed by atoms with Crippen molar-refractivity contribution in [2.24, 2.45) is 0 Å². The first kappa shape index (κ1) is 23.0. The number of likely N-dealkylation sites (N-methyl/N-ethyl adjacent to an activating group) is 1. The van der Waals surface area contributed by atoms with Crippen LogP contribution in [0.1, 0.15) is 34.5 Å². The van der Waals surface area contributed by atoms with Crippen molar-refractivity contribution < 1.29 is 9.59 Å². The van der Waals surface area contributed by atoms with Gasteiger partial charge in [0.1, 0.15) is 0 Å². The van der Waals surface area contributed by atoms with Gasteiger partial charge in [0, 0.05) is 25.5 Å². The Morgan fingerprint density at radius 1 is 1.00 bits per heavy atom. The number of thioether (sulfide) groups is 1. The van der Waals surface area contributed by atoms with Crippen LogP contribution in [0.25, 0.3) is 0 Å². The molecule has 0 aliphatic rings. The van der Waals surface area contributed by atoms with Crippen LogP contribution in [0.15, 0.2) is 53.4 Å². The first-order valence-corrected chi connectivity index (χ1v) is 10.8. The summed E-state index contributed by atoms with van der Waals surface area (Å²) >= 11 is 1.39. The molecule has 0 aliphatic heterocycles. The number of amides is 2. The van der Waals surface area contributed by atoms with Crippen LogP contribution in [-0.2, 0) is 11.2 Å². The minimum Gasteiger partial charge on any atom is -0.350 e. The Balaban J connectivity index is 2.07. The molecular formula is C23H31N3O2S. The SMILES string of the molecule is CCc1ccc(C(CNC(=O)c2ccccc2SCC(=O)N(C)C)N(C)C)cc1. The molecular weight excluding hydrogens is 382 g/mol. The first-order chi connectivity index (χ1) is 13.8. The summed E-state index contributed by atoms with van der Waals surface area (Å²) in [7, 11) is 7.49. The Bertz CT molecular complexity index is 819. The van der Waals surface area contributed by atoms with Crippen molar-refractivity contribution in [2.45, 2.75) is 24.3 Å². The van der Waals surface area contributed by atoms with Gasteiger partial charge in [-0.05, 0) is 43.8 Å². The van der Waals surface area contributed by atoms with Gasteiger partial charge < -0.3 is 15.1 Å². The summed E-state index contributed by atoms with van der Waals surface area (Å²) < 4.78 is 0. The third-order valence-corrected chi connectivity index (χ3v) is 5.89.